The molecule has 1 aromatic rings. The summed E-state index contributed by atoms with van der Waals surface area (Å²) in [5.41, 5.74) is 0. The third kappa shape index (κ3) is 1.96. The minimum atomic E-state index is -3.40. The Balaban J connectivity index is 2.15. The maximum Gasteiger partial charge on any atom is 0.257 e. The second-order valence-electron chi connectivity index (χ2n) is 3.48. The van der Waals surface area contributed by atoms with Crippen molar-refractivity contribution in [1.29, 1.82) is 0 Å². The van der Waals surface area contributed by atoms with E-state index in [0.29, 0.717) is 4.90 Å². The van der Waals surface area contributed by atoms with E-state index < -0.39 is 10.0 Å². The molecule has 1 aliphatic carbocycles. The van der Waals surface area contributed by atoms with Crippen molar-refractivity contribution in [2.75, 3.05) is 0 Å². The Bertz CT molecular complexity index is 395. The highest BCUT2D eigenvalue weighted by Gasteiger charge is 2.26. The Morgan fingerprint density at radius 1 is 1.14 bits per heavy atom. The molecule has 1 fully saturated rings. The fraction of sp³-hybridized carbons (Fsp3) is 0.400. The molecule has 1 radical (unpaired) electrons. The van der Waals surface area contributed by atoms with Gasteiger partial charge in [-0.25, -0.2) is 8.42 Å². The largest absolute Gasteiger partial charge is 0.257 e. The molecule has 0 amide bonds. The van der Waals surface area contributed by atoms with Gasteiger partial charge in [-0.05, 0) is 25.0 Å². The van der Waals surface area contributed by atoms with E-state index in [1.807, 2.05) is 0 Å². The van der Waals surface area contributed by atoms with Gasteiger partial charge in [-0.1, -0.05) is 24.6 Å². The van der Waals surface area contributed by atoms with Gasteiger partial charge in [-0.3, -0.25) is 0 Å². The smallest absolute Gasteiger partial charge is 0.206 e. The molecule has 0 aliphatic heterocycles. The minimum absolute atomic E-state index is 0.0280. The zero-order valence-electron chi connectivity index (χ0n) is 7.76. The van der Waals surface area contributed by atoms with Crippen molar-refractivity contribution >= 4 is 10.0 Å². The van der Waals surface area contributed by atoms with Crippen molar-refractivity contribution in [3.8, 4) is 0 Å². The van der Waals surface area contributed by atoms with Gasteiger partial charge in [0.25, 0.3) is 10.0 Å². The molecule has 0 atom stereocenters. The van der Waals surface area contributed by atoms with Crippen LogP contribution in [0.4, 0.5) is 0 Å². The summed E-state index contributed by atoms with van der Waals surface area (Å²) in [5.74, 6) is 0. The number of rotatable bonds is 3. The lowest BCUT2D eigenvalue weighted by Gasteiger charge is -2.23. The summed E-state index contributed by atoms with van der Waals surface area (Å²) in [4.78, 5) is 0.298. The van der Waals surface area contributed by atoms with Gasteiger partial charge in [-0.15, -0.1) is 4.72 Å². The molecule has 1 aromatic carbocycles. The molecule has 0 bridgehead atoms. The van der Waals surface area contributed by atoms with Crippen LogP contribution in [0.1, 0.15) is 19.3 Å². The van der Waals surface area contributed by atoms with Crippen LogP contribution >= 0.6 is 0 Å². The monoisotopic (exact) mass is 210 g/mol. The first kappa shape index (κ1) is 9.68. The molecule has 75 valence electrons. The Morgan fingerprint density at radius 3 is 2.29 bits per heavy atom. The van der Waals surface area contributed by atoms with Gasteiger partial charge in [0.05, 0.1) is 4.90 Å². The lowest BCUT2D eigenvalue weighted by Crippen LogP contribution is -2.33. The van der Waals surface area contributed by atoms with Gasteiger partial charge in [0.1, 0.15) is 0 Å². The lowest BCUT2D eigenvalue weighted by molar-refractivity contribution is 0.379. The summed E-state index contributed by atoms with van der Waals surface area (Å²) < 4.78 is 27.2. The predicted molar refractivity (Wildman–Crippen MR) is 53.4 cm³/mol. The molecule has 0 unspecified atom stereocenters. The summed E-state index contributed by atoms with van der Waals surface area (Å²) in [7, 11) is -3.40. The highest BCUT2D eigenvalue weighted by atomic mass is 32.2. The molecule has 3 nitrogen and oxygen atoms in total. The van der Waals surface area contributed by atoms with Crippen LogP contribution in [-0.4, -0.2) is 14.5 Å². The third-order valence-corrected chi connectivity index (χ3v) is 3.85. The van der Waals surface area contributed by atoms with Crippen LogP contribution in [0.3, 0.4) is 0 Å². The number of sulfonamides is 1. The van der Waals surface area contributed by atoms with Crippen molar-refractivity contribution in [1.82, 2.24) is 4.72 Å². The van der Waals surface area contributed by atoms with Crippen LogP contribution < -0.4 is 4.72 Å². The van der Waals surface area contributed by atoms with Crippen molar-refractivity contribution in [3.63, 3.8) is 0 Å². The maximum atomic E-state index is 11.7. The number of benzene rings is 1. The second kappa shape index (κ2) is 3.71. The van der Waals surface area contributed by atoms with E-state index in [2.05, 4.69) is 4.72 Å². The van der Waals surface area contributed by atoms with Crippen molar-refractivity contribution in [2.45, 2.75) is 30.2 Å². The highest BCUT2D eigenvalue weighted by molar-refractivity contribution is 7.89. The number of hydrogen-bond donors (Lipinski definition) is 0. The van der Waals surface area contributed by atoms with Crippen LogP contribution in [0, 0.1) is 0 Å². The quantitative estimate of drug-likeness (QED) is 0.759. The van der Waals surface area contributed by atoms with Crippen LogP contribution in [0.5, 0.6) is 0 Å². The summed E-state index contributed by atoms with van der Waals surface area (Å²) in [6.45, 7) is 0. The van der Waals surface area contributed by atoms with Crippen LogP contribution in [-0.2, 0) is 10.0 Å². The van der Waals surface area contributed by atoms with Gasteiger partial charge in [0, 0.05) is 6.04 Å². The van der Waals surface area contributed by atoms with Crippen LogP contribution in [0.2, 0.25) is 0 Å². The van der Waals surface area contributed by atoms with E-state index in [9.17, 15) is 8.42 Å². The molecule has 0 aromatic heterocycles. The molecule has 4 heteroatoms. The van der Waals surface area contributed by atoms with Gasteiger partial charge in [0.15, 0.2) is 0 Å². The van der Waals surface area contributed by atoms with E-state index in [1.165, 1.54) is 0 Å². The first-order valence-corrected chi connectivity index (χ1v) is 6.15. The second-order valence-corrected chi connectivity index (χ2v) is 5.11. The Hall–Kier alpha value is -0.870. The summed E-state index contributed by atoms with van der Waals surface area (Å²) in [6, 6.07) is 8.41. The van der Waals surface area contributed by atoms with Gasteiger partial charge < -0.3 is 0 Å². The van der Waals surface area contributed by atoms with Crippen LogP contribution in [0.15, 0.2) is 35.2 Å². The van der Waals surface area contributed by atoms with Gasteiger partial charge in [-0.2, -0.15) is 0 Å². The zero-order chi connectivity index (χ0) is 10.0. The molecule has 0 heterocycles. The van der Waals surface area contributed by atoms with E-state index in [1.54, 1.807) is 30.3 Å². The maximum absolute atomic E-state index is 11.7. The van der Waals surface area contributed by atoms with Gasteiger partial charge in [0.2, 0.25) is 0 Å². The molecule has 2 rings (SSSR count). The summed E-state index contributed by atoms with van der Waals surface area (Å²) >= 11 is 0. The topological polar surface area (TPSA) is 48.2 Å². The van der Waals surface area contributed by atoms with E-state index >= 15 is 0 Å². The third-order valence-electron chi connectivity index (χ3n) is 2.40. The standard InChI is InChI=1S/C10H12NO2S/c12-14(13,11-9-5-4-6-9)10-7-2-1-3-8-10/h1-3,7-9H,4-6H2. The SMILES string of the molecule is O=S(=O)([N]C1CCC1)c1ccccc1. The Kier molecular flexibility index (Phi) is 2.56. The van der Waals surface area contributed by atoms with E-state index in [-0.39, 0.29) is 6.04 Å². The highest BCUT2D eigenvalue weighted by Crippen LogP contribution is 2.22. The molecule has 1 saturated carbocycles. The van der Waals surface area contributed by atoms with Crippen LogP contribution in [0.25, 0.3) is 0 Å². The molecule has 0 saturated heterocycles. The summed E-state index contributed by atoms with van der Waals surface area (Å²) in [6.07, 6.45) is 2.91. The average Bonchev–Trinajstić information content (AvgIpc) is 2.13. The normalized spacial score (nSPS) is 17.7. The van der Waals surface area contributed by atoms with Crippen molar-refractivity contribution < 1.29 is 8.42 Å². The average molecular weight is 210 g/mol. The summed E-state index contributed by atoms with van der Waals surface area (Å²) in [5, 5.41) is 0. The molecular weight excluding hydrogens is 198 g/mol. The van der Waals surface area contributed by atoms with E-state index in [0.717, 1.165) is 19.3 Å². The molecular formula is C10H12NO2S. The fourth-order valence-corrected chi connectivity index (χ4v) is 2.57. The molecule has 14 heavy (non-hydrogen) atoms. The lowest BCUT2D eigenvalue weighted by atomic mass is 9.94. The minimum Gasteiger partial charge on any atom is -0.206 e. The molecule has 0 N–H and O–H groups in total. The molecule has 0 spiro atoms. The number of hydrogen-bond acceptors (Lipinski definition) is 2. The Labute approximate surface area is 84.2 Å². The fourth-order valence-electron chi connectivity index (χ4n) is 1.34. The van der Waals surface area contributed by atoms with E-state index in [4.69, 9.17) is 0 Å². The van der Waals surface area contributed by atoms with Crippen molar-refractivity contribution in [2.24, 2.45) is 0 Å². The Morgan fingerprint density at radius 2 is 1.79 bits per heavy atom. The molecule has 1 aliphatic rings. The first-order chi connectivity index (χ1) is 6.68. The zero-order valence-corrected chi connectivity index (χ0v) is 8.57. The number of nitrogens with zero attached hydrogens (tertiary/aromatic N) is 1. The predicted octanol–water partition coefficient (Wildman–Crippen LogP) is 1.53. The van der Waals surface area contributed by atoms with Crippen molar-refractivity contribution in [3.05, 3.63) is 30.3 Å². The van der Waals surface area contributed by atoms with Gasteiger partial charge >= 0.3 is 0 Å². The first-order valence-electron chi connectivity index (χ1n) is 4.71.